The van der Waals surface area contributed by atoms with Crippen LogP contribution in [0.5, 0.6) is 0 Å². The summed E-state index contributed by atoms with van der Waals surface area (Å²) in [6.07, 6.45) is -6.20. The fourth-order valence-electron chi connectivity index (χ4n) is 3.69. The lowest BCUT2D eigenvalue weighted by molar-refractivity contribution is -0.385. The van der Waals surface area contributed by atoms with Gasteiger partial charge in [-0.1, -0.05) is 24.3 Å². The molecule has 0 bridgehead atoms. The number of fused-ring (bicyclic) bond motifs is 1. The molecule has 2 fully saturated rings. The van der Waals surface area contributed by atoms with Crippen LogP contribution < -0.4 is 0 Å². The van der Waals surface area contributed by atoms with Gasteiger partial charge in [0.25, 0.3) is 11.4 Å². The molecule has 2 heterocycles. The highest BCUT2D eigenvalue weighted by Gasteiger charge is 2.48. The average molecular weight is 448 g/mol. The standard InChI is InChI=1S/C20H20N2O10/c23-9-16-18-17(31-20(32-18)12-4-2-6-14(8-12)22(27)28)15(24)10-29-19(30-16)11-3-1-5-13(7-11)21(25)26/h1-8,15-20,23-24H,9-10H2/t15-,16+,17-,18-,19?,20?/m1/s1. The van der Waals surface area contributed by atoms with E-state index in [0.717, 1.165) is 0 Å². The van der Waals surface area contributed by atoms with Gasteiger partial charge in [0.1, 0.15) is 24.4 Å². The number of non-ortho nitro benzene ring substituents is 2. The second kappa shape index (κ2) is 9.24. The average Bonchev–Trinajstić information content (AvgIpc) is 3.23. The Morgan fingerprint density at radius 2 is 1.44 bits per heavy atom. The molecular weight excluding hydrogens is 428 g/mol. The molecule has 2 aliphatic rings. The summed E-state index contributed by atoms with van der Waals surface area (Å²) in [4.78, 5) is 21.0. The van der Waals surface area contributed by atoms with Crippen molar-refractivity contribution < 1.29 is 39.0 Å². The highest BCUT2D eigenvalue weighted by molar-refractivity contribution is 5.36. The molecule has 0 spiro atoms. The van der Waals surface area contributed by atoms with Gasteiger partial charge in [-0.3, -0.25) is 20.2 Å². The second-order valence-electron chi connectivity index (χ2n) is 7.33. The summed E-state index contributed by atoms with van der Waals surface area (Å²) in [6.45, 7) is -0.759. The normalized spacial score (nSPS) is 30.2. The molecule has 0 aliphatic carbocycles. The zero-order valence-electron chi connectivity index (χ0n) is 16.6. The summed E-state index contributed by atoms with van der Waals surface area (Å²) in [5.41, 5.74) is 0.383. The third kappa shape index (κ3) is 4.46. The number of nitro benzene ring substituents is 2. The predicted octanol–water partition coefficient (Wildman–Crippen LogP) is 1.75. The molecule has 2 N–H and O–H groups in total. The summed E-state index contributed by atoms with van der Waals surface area (Å²) < 4.78 is 23.2. The highest BCUT2D eigenvalue weighted by atomic mass is 16.8. The minimum atomic E-state index is -1.18. The van der Waals surface area contributed by atoms with Crippen molar-refractivity contribution in [3.63, 3.8) is 0 Å². The lowest BCUT2D eigenvalue weighted by Crippen LogP contribution is -2.49. The maximum atomic E-state index is 11.1. The third-order valence-electron chi connectivity index (χ3n) is 5.23. The van der Waals surface area contributed by atoms with E-state index in [1.165, 1.54) is 36.4 Å². The topological polar surface area (TPSA) is 164 Å². The van der Waals surface area contributed by atoms with Crippen molar-refractivity contribution in [3.8, 4) is 0 Å². The third-order valence-corrected chi connectivity index (χ3v) is 5.23. The molecule has 2 aromatic carbocycles. The van der Waals surface area contributed by atoms with Gasteiger partial charge < -0.3 is 29.2 Å². The van der Waals surface area contributed by atoms with Crippen LogP contribution in [0.4, 0.5) is 11.4 Å². The van der Waals surface area contributed by atoms with Crippen LogP contribution in [0.25, 0.3) is 0 Å². The first-order valence-corrected chi connectivity index (χ1v) is 9.73. The van der Waals surface area contributed by atoms with E-state index >= 15 is 0 Å². The van der Waals surface area contributed by atoms with E-state index in [9.17, 15) is 30.4 Å². The molecule has 0 saturated carbocycles. The van der Waals surface area contributed by atoms with E-state index in [1.54, 1.807) is 12.1 Å². The van der Waals surface area contributed by atoms with Crippen molar-refractivity contribution in [2.45, 2.75) is 37.0 Å². The fourth-order valence-corrected chi connectivity index (χ4v) is 3.69. The Hall–Kier alpha value is -3.00. The molecule has 4 rings (SSSR count). The van der Waals surface area contributed by atoms with E-state index in [0.29, 0.717) is 11.1 Å². The maximum absolute atomic E-state index is 11.1. The van der Waals surface area contributed by atoms with Crippen molar-refractivity contribution in [2.75, 3.05) is 13.2 Å². The number of aliphatic hydroxyl groups is 2. The monoisotopic (exact) mass is 448 g/mol. The fraction of sp³-hybridized carbons (Fsp3) is 0.400. The molecule has 32 heavy (non-hydrogen) atoms. The molecule has 0 amide bonds. The highest BCUT2D eigenvalue weighted by Crippen LogP contribution is 2.39. The molecule has 2 saturated heterocycles. The van der Waals surface area contributed by atoms with Crippen molar-refractivity contribution >= 4 is 11.4 Å². The number of aliphatic hydroxyl groups excluding tert-OH is 2. The van der Waals surface area contributed by atoms with Gasteiger partial charge >= 0.3 is 0 Å². The molecule has 12 nitrogen and oxygen atoms in total. The SMILES string of the molecule is O=[N+]([O-])c1cccc(C2O[C@H]3[C@H](O2)[C@H](CO)OC(c2cccc([N+](=O)[O-])c2)OC[C@H]3O)c1. The van der Waals surface area contributed by atoms with Gasteiger partial charge in [-0.25, -0.2) is 0 Å². The lowest BCUT2D eigenvalue weighted by Gasteiger charge is -2.34. The lowest BCUT2D eigenvalue weighted by atomic mass is 10.0. The minimum absolute atomic E-state index is 0.149. The van der Waals surface area contributed by atoms with E-state index in [-0.39, 0.29) is 18.0 Å². The Kier molecular flexibility index (Phi) is 6.41. The summed E-state index contributed by atoms with van der Waals surface area (Å²) >= 11 is 0. The Balaban J connectivity index is 1.58. The number of nitrogens with zero attached hydrogens (tertiary/aromatic N) is 2. The van der Waals surface area contributed by atoms with E-state index in [2.05, 4.69) is 0 Å². The summed E-state index contributed by atoms with van der Waals surface area (Å²) in [5, 5.41) is 42.7. The zero-order chi connectivity index (χ0) is 22.8. The Bertz CT molecular complexity index is 1000. The molecule has 2 aromatic rings. The van der Waals surface area contributed by atoms with Crippen LogP contribution in [0.3, 0.4) is 0 Å². The van der Waals surface area contributed by atoms with Crippen LogP contribution in [-0.2, 0) is 18.9 Å². The van der Waals surface area contributed by atoms with Gasteiger partial charge in [-0.2, -0.15) is 0 Å². The predicted molar refractivity (Wildman–Crippen MR) is 105 cm³/mol. The number of hydrogen-bond donors (Lipinski definition) is 2. The van der Waals surface area contributed by atoms with E-state index < -0.39 is 53.4 Å². The molecular formula is C20H20N2O10. The first-order chi connectivity index (χ1) is 15.4. The Labute approximate surface area is 181 Å². The van der Waals surface area contributed by atoms with Gasteiger partial charge in [0.15, 0.2) is 12.6 Å². The quantitative estimate of drug-likeness (QED) is 0.509. The van der Waals surface area contributed by atoms with Crippen LogP contribution in [0.1, 0.15) is 23.7 Å². The molecule has 12 heteroatoms. The minimum Gasteiger partial charge on any atom is -0.394 e. The first kappa shape index (κ1) is 22.2. The van der Waals surface area contributed by atoms with Gasteiger partial charge in [-0.05, 0) is 0 Å². The number of hydrogen-bond acceptors (Lipinski definition) is 10. The summed E-state index contributed by atoms with van der Waals surface area (Å²) in [6, 6.07) is 11.3. The van der Waals surface area contributed by atoms with Crippen LogP contribution in [0.2, 0.25) is 0 Å². The van der Waals surface area contributed by atoms with Gasteiger partial charge in [-0.15, -0.1) is 0 Å². The summed E-state index contributed by atoms with van der Waals surface area (Å²) in [7, 11) is 0. The largest absolute Gasteiger partial charge is 0.394 e. The molecule has 0 aromatic heterocycles. The van der Waals surface area contributed by atoms with Gasteiger partial charge in [0, 0.05) is 35.4 Å². The van der Waals surface area contributed by atoms with Gasteiger partial charge in [0.2, 0.25) is 0 Å². The smallest absolute Gasteiger partial charge is 0.269 e. The van der Waals surface area contributed by atoms with Crippen molar-refractivity contribution in [1.82, 2.24) is 0 Å². The Morgan fingerprint density at radius 1 is 0.875 bits per heavy atom. The molecule has 170 valence electrons. The van der Waals surface area contributed by atoms with Crippen LogP contribution >= 0.6 is 0 Å². The van der Waals surface area contributed by atoms with Crippen LogP contribution in [0.15, 0.2) is 48.5 Å². The molecule has 2 aliphatic heterocycles. The number of benzene rings is 2. The van der Waals surface area contributed by atoms with Crippen LogP contribution in [-0.4, -0.2) is 57.7 Å². The van der Waals surface area contributed by atoms with Crippen LogP contribution in [0, 0.1) is 20.2 Å². The van der Waals surface area contributed by atoms with E-state index in [1.807, 2.05) is 0 Å². The zero-order valence-corrected chi connectivity index (χ0v) is 16.6. The molecule has 0 radical (unpaired) electrons. The number of rotatable bonds is 5. The first-order valence-electron chi connectivity index (χ1n) is 9.73. The number of ether oxygens (including phenoxy) is 4. The maximum Gasteiger partial charge on any atom is 0.269 e. The van der Waals surface area contributed by atoms with Crippen molar-refractivity contribution in [3.05, 3.63) is 79.9 Å². The molecule has 2 unspecified atom stereocenters. The van der Waals surface area contributed by atoms with Crippen molar-refractivity contribution in [2.24, 2.45) is 0 Å². The van der Waals surface area contributed by atoms with E-state index in [4.69, 9.17) is 18.9 Å². The summed E-state index contributed by atoms with van der Waals surface area (Å²) in [5.74, 6) is 0. The van der Waals surface area contributed by atoms with Crippen molar-refractivity contribution in [1.29, 1.82) is 0 Å². The number of nitro groups is 2. The van der Waals surface area contributed by atoms with Gasteiger partial charge in [0.05, 0.1) is 23.1 Å². The second-order valence-corrected chi connectivity index (χ2v) is 7.33. The molecule has 6 atom stereocenters. The Morgan fingerprint density at radius 3 is 2.00 bits per heavy atom.